The fourth-order valence-electron chi connectivity index (χ4n) is 2.47. The predicted octanol–water partition coefficient (Wildman–Crippen LogP) is 1.65. The lowest BCUT2D eigenvalue weighted by molar-refractivity contribution is -0.125. The molecule has 1 aromatic carbocycles. The molecule has 5 N–H and O–H groups in total. The molecular weight excluding hydrogens is 330 g/mol. The monoisotopic (exact) mass is 345 g/mol. The second-order valence-electron chi connectivity index (χ2n) is 5.30. The standard InChI is InChI=1S/C15H15N5O3S/c16-9-5-3-8(4-6-9)12-11(13(17)22)14(24-19-12)18-15(23)20-7-1-2-10(20)21/h3-6H,1-2,7,16H2,(H2,17,22)(H,18,23). The van der Waals surface area contributed by atoms with Crippen molar-refractivity contribution in [3.63, 3.8) is 0 Å². The van der Waals surface area contributed by atoms with Crippen molar-refractivity contribution in [2.75, 3.05) is 17.6 Å². The molecule has 2 aromatic rings. The molecule has 1 saturated heterocycles. The molecular formula is C15H15N5O3S. The van der Waals surface area contributed by atoms with Crippen molar-refractivity contribution in [3.8, 4) is 11.3 Å². The first kappa shape index (κ1) is 15.9. The topological polar surface area (TPSA) is 131 Å². The Labute approximate surface area is 141 Å². The van der Waals surface area contributed by atoms with E-state index in [9.17, 15) is 14.4 Å². The number of urea groups is 1. The van der Waals surface area contributed by atoms with Gasteiger partial charge in [0.15, 0.2) is 0 Å². The molecule has 124 valence electrons. The van der Waals surface area contributed by atoms with Gasteiger partial charge in [-0.15, -0.1) is 0 Å². The zero-order valence-electron chi connectivity index (χ0n) is 12.6. The van der Waals surface area contributed by atoms with Gasteiger partial charge in [-0.1, -0.05) is 12.1 Å². The number of carbonyl (C=O) groups excluding carboxylic acids is 3. The minimum atomic E-state index is -0.710. The number of hydrogen-bond acceptors (Lipinski definition) is 6. The van der Waals surface area contributed by atoms with Gasteiger partial charge in [-0.25, -0.2) is 4.79 Å². The van der Waals surface area contributed by atoms with Crippen LogP contribution in [-0.4, -0.2) is 33.7 Å². The van der Waals surface area contributed by atoms with E-state index in [2.05, 4.69) is 9.69 Å². The molecule has 2 heterocycles. The van der Waals surface area contributed by atoms with Crippen molar-refractivity contribution >= 4 is 40.1 Å². The minimum Gasteiger partial charge on any atom is -0.399 e. The van der Waals surface area contributed by atoms with E-state index < -0.39 is 11.9 Å². The highest BCUT2D eigenvalue weighted by Crippen LogP contribution is 2.32. The summed E-state index contributed by atoms with van der Waals surface area (Å²) in [6.07, 6.45) is 0.976. The fraction of sp³-hybridized carbons (Fsp3) is 0.200. The summed E-state index contributed by atoms with van der Waals surface area (Å²) in [7, 11) is 0. The van der Waals surface area contributed by atoms with Crippen molar-refractivity contribution in [2.24, 2.45) is 5.73 Å². The van der Waals surface area contributed by atoms with Gasteiger partial charge in [-0.2, -0.15) is 4.37 Å². The molecule has 3 rings (SSSR count). The van der Waals surface area contributed by atoms with Crippen molar-refractivity contribution in [2.45, 2.75) is 12.8 Å². The Kier molecular flexibility index (Phi) is 4.17. The smallest absolute Gasteiger partial charge is 0.329 e. The number of benzene rings is 1. The van der Waals surface area contributed by atoms with Gasteiger partial charge in [0.2, 0.25) is 5.91 Å². The summed E-state index contributed by atoms with van der Waals surface area (Å²) < 4.78 is 4.22. The number of primary amides is 1. The summed E-state index contributed by atoms with van der Waals surface area (Å²) in [6, 6.07) is 6.22. The first-order valence-electron chi connectivity index (χ1n) is 7.24. The fourth-order valence-corrected chi connectivity index (χ4v) is 3.27. The van der Waals surface area contributed by atoms with Gasteiger partial charge >= 0.3 is 6.03 Å². The van der Waals surface area contributed by atoms with E-state index in [4.69, 9.17) is 11.5 Å². The molecule has 0 aliphatic carbocycles. The highest BCUT2D eigenvalue weighted by Gasteiger charge is 2.29. The summed E-state index contributed by atoms with van der Waals surface area (Å²) >= 11 is 0.940. The highest BCUT2D eigenvalue weighted by molar-refractivity contribution is 7.11. The number of nitrogens with two attached hydrogens (primary N) is 2. The minimum absolute atomic E-state index is 0.116. The predicted molar refractivity (Wildman–Crippen MR) is 90.4 cm³/mol. The number of nitrogens with one attached hydrogen (secondary N) is 1. The number of rotatable bonds is 3. The van der Waals surface area contributed by atoms with Crippen molar-refractivity contribution in [3.05, 3.63) is 29.8 Å². The number of nitrogens with zero attached hydrogens (tertiary/aromatic N) is 2. The van der Waals surface area contributed by atoms with Gasteiger partial charge in [0, 0.05) is 24.2 Å². The van der Waals surface area contributed by atoms with Crippen LogP contribution in [0.25, 0.3) is 11.3 Å². The second-order valence-corrected chi connectivity index (χ2v) is 6.07. The third kappa shape index (κ3) is 2.93. The van der Waals surface area contributed by atoms with Gasteiger partial charge in [-0.3, -0.25) is 19.8 Å². The Morgan fingerprint density at radius 2 is 1.96 bits per heavy atom. The van der Waals surface area contributed by atoms with Gasteiger partial charge in [0.25, 0.3) is 5.91 Å². The van der Waals surface area contributed by atoms with Gasteiger partial charge in [0.1, 0.15) is 10.6 Å². The van der Waals surface area contributed by atoms with E-state index in [0.29, 0.717) is 36.3 Å². The van der Waals surface area contributed by atoms with Crippen LogP contribution in [0.3, 0.4) is 0 Å². The second kappa shape index (κ2) is 6.28. The third-order valence-corrected chi connectivity index (χ3v) is 4.42. The summed E-state index contributed by atoms with van der Waals surface area (Å²) in [6.45, 7) is 0.361. The number of likely N-dealkylation sites (tertiary alicyclic amines) is 1. The van der Waals surface area contributed by atoms with Crippen molar-refractivity contribution < 1.29 is 14.4 Å². The maximum Gasteiger partial charge on any atom is 0.329 e. The van der Waals surface area contributed by atoms with Crippen molar-refractivity contribution in [1.82, 2.24) is 9.27 Å². The van der Waals surface area contributed by atoms with Gasteiger partial charge in [-0.05, 0) is 30.1 Å². The van der Waals surface area contributed by atoms with Gasteiger partial charge in [0.05, 0.1) is 5.69 Å². The van der Waals surface area contributed by atoms with E-state index >= 15 is 0 Å². The quantitative estimate of drug-likeness (QED) is 0.728. The lowest BCUT2D eigenvalue weighted by Gasteiger charge is -2.14. The van der Waals surface area contributed by atoms with E-state index in [1.54, 1.807) is 24.3 Å². The summed E-state index contributed by atoms with van der Waals surface area (Å²) in [4.78, 5) is 36.8. The Balaban J connectivity index is 1.91. The zero-order valence-corrected chi connectivity index (χ0v) is 13.4. The van der Waals surface area contributed by atoms with Gasteiger partial charge < -0.3 is 11.5 Å². The normalized spacial score (nSPS) is 14.0. The van der Waals surface area contributed by atoms with Crippen molar-refractivity contribution in [1.29, 1.82) is 0 Å². The molecule has 4 amide bonds. The number of imide groups is 1. The molecule has 0 unspecified atom stereocenters. The number of amides is 4. The van der Waals surface area contributed by atoms with Crippen LogP contribution in [0.5, 0.6) is 0 Å². The summed E-state index contributed by atoms with van der Waals surface area (Å²) in [5.74, 6) is -0.949. The summed E-state index contributed by atoms with van der Waals surface area (Å²) in [5, 5.41) is 2.78. The SMILES string of the molecule is NC(=O)c1c(-c2ccc(N)cc2)nsc1NC(=O)N1CCCC1=O. The molecule has 0 spiro atoms. The average Bonchev–Trinajstić information content (AvgIpc) is 3.14. The largest absolute Gasteiger partial charge is 0.399 e. The molecule has 0 radical (unpaired) electrons. The molecule has 1 fully saturated rings. The van der Waals surface area contributed by atoms with Crippen LogP contribution in [0.1, 0.15) is 23.2 Å². The van der Waals surface area contributed by atoms with E-state index in [1.165, 1.54) is 0 Å². The number of aromatic nitrogens is 1. The third-order valence-electron chi connectivity index (χ3n) is 3.66. The Hall–Kier alpha value is -2.94. The number of anilines is 2. The molecule has 1 aliphatic heterocycles. The Bertz CT molecular complexity index is 815. The number of carbonyl (C=O) groups is 3. The molecule has 1 aliphatic rings. The van der Waals surface area contributed by atoms with Crippen LogP contribution in [0, 0.1) is 0 Å². The first-order valence-corrected chi connectivity index (χ1v) is 8.01. The molecule has 1 aromatic heterocycles. The maximum atomic E-state index is 12.2. The average molecular weight is 345 g/mol. The number of nitrogen functional groups attached to an aromatic ring is 1. The lowest BCUT2D eigenvalue weighted by Crippen LogP contribution is -2.35. The zero-order chi connectivity index (χ0) is 17.3. The van der Waals surface area contributed by atoms with E-state index in [0.717, 1.165) is 16.4 Å². The van der Waals surface area contributed by atoms with Crippen LogP contribution in [-0.2, 0) is 4.79 Å². The molecule has 0 saturated carbocycles. The summed E-state index contributed by atoms with van der Waals surface area (Å²) in [5.41, 5.74) is 12.8. The van der Waals surface area contributed by atoms with E-state index in [-0.39, 0.29) is 16.5 Å². The molecule has 0 atom stereocenters. The maximum absolute atomic E-state index is 12.2. The first-order chi connectivity index (χ1) is 11.5. The lowest BCUT2D eigenvalue weighted by atomic mass is 10.1. The molecule has 0 bridgehead atoms. The number of hydrogen-bond donors (Lipinski definition) is 3. The van der Waals surface area contributed by atoms with Crippen LogP contribution in [0.4, 0.5) is 15.5 Å². The van der Waals surface area contributed by atoms with E-state index in [1.807, 2.05) is 0 Å². The Morgan fingerprint density at radius 3 is 2.54 bits per heavy atom. The Morgan fingerprint density at radius 1 is 1.25 bits per heavy atom. The van der Waals surface area contributed by atoms with Crippen LogP contribution in [0.2, 0.25) is 0 Å². The molecule has 24 heavy (non-hydrogen) atoms. The highest BCUT2D eigenvalue weighted by atomic mass is 32.1. The van der Waals surface area contributed by atoms with Crippen LogP contribution >= 0.6 is 11.5 Å². The van der Waals surface area contributed by atoms with Crippen LogP contribution in [0.15, 0.2) is 24.3 Å². The molecule has 8 nitrogen and oxygen atoms in total. The molecule has 9 heteroatoms. The van der Waals surface area contributed by atoms with Crippen LogP contribution < -0.4 is 16.8 Å².